The predicted molar refractivity (Wildman–Crippen MR) is 96.0 cm³/mol. The lowest BCUT2D eigenvalue weighted by Gasteiger charge is -2.35. The lowest BCUT2D eigenvalue weighted by atomic mass is 9.93. The number of nitrogens with zero attached hydrogens (tertiary/aromatic N) is 3. The molecule has 25 heavy (non-hydrogen) atoms. The fourth-order valence-corrected chi connectivity index (χ4v) is 3.45. The Kier molecular flexibility index (Phi) is 6.43. The first kappa shape index (κ1) is 19.7. The van der Waals surface area contributed by atoms with Gasteiger partial charge >= 0.3 is 6.03 Å². The minimum absolute atomic E-state index is 0.144. The van der Waals surface area contributed by atoms with Crippen LogP contribution in [0.4, 0.5) is 4.79 Å². The van der Waals surface area contributed by atoms with Crippen LogP contribution in [0, 0.1) is 5.92 Å². The van der Waals surface area contributed by atoms with Crippen molar-refractivity contribution in [2.45, 2.75) is 52.5 Å². The molecular formula is C18H32N4O3. The molecular weight excluding hydrogens is 320 g/mol. The van der Waals surface area contributed by atoms with Crippen molar-refractivity contribution in [1.82, 2.24) is 20.0 Å². The highest BCUT2D eigenvalue weighted by Gasteiger charge is 2.49. The Labute approximate surface area is 150 Å². The summed E-state index contributed by atoms with van der Waals surface area (Å²) < 4.78 is 0. The largest absolute Gasteiger partial charge is 0.339 e. The van der Waals surface area contributed by atoms with Crippen molar-refractivity contribution in [3.63, 3.8) is 0 Å². The number of carbonyl (C=O) groups excluding carboxylic acids is 3. The van der Waals surface area contributed by atoms with Gasteiger partial charge in [-0.3, -0.25) is 19.4 Å². The first-order chi connectivity index (χ1) is 11.8. The number of rotatable bonds is 7. The van der Waals surface area contributed by atoms with Crippen LogP contribution in [-0.2, 0) is 9.59 Å². The second-order valence-corrected chi connectivity index (χ2v) is 7.52. The zero-order chi connectivity index (χ0) is 18.6. The summed E-state index contributed by atoms with van der Waals surface area (Å²) in [5.41, 5.74) is -0.840. The lowest BCUT2D eigenvalue weighted by Crippen LogP contribution is -2.52. The summed E-state index contributed by atoms with van der Waals surface area (Å²) in [4.78, 5) is 42.5. The smallest absolute Gasteiger partial charge is 0.325 e. The molecule has 0 saturated carbocycles. The summed E-state index contributed by atoms with van der Waals surface area (Å²) in [6, 6.07) is -0.447. The van der Waals surface area contributed by atoms with E-state index in [1.54, 1.807) is 4.90 Å². The number of urea groups is 1. The van der Waals surface area contributed by atoms with E-state index in [4.69, 9.17) is 0 Å². The van der Waals surface area contributed by atoms with Gasteiger partial charge in [0.1, 0.15) is 12.1 Å². The number of imide groups is 1. The molecule has 142 valence electrons. The van der Waals surface area contributed by atoms with Gasteiger partial charge in [-0.15, -0.1) is 0 Å². The SMILES string of the molecule is CCC1(CC)NC(=O)N(CC(=O)N2CCN(CCC(C)C)CC2)C1=O. The van der Waals surface area contributed by atoms with Crippen LogP contribution in [0.15, 0.2) is 0 Å². The zero-order valence-corrected chi connectivity index (χ0v) is 16.0. The summed E-state index contributed by atoms with van der Waals surface area (Å²) in [7, 11) is 0. The van der Waals surface area contributed by atoms with Gasteiger partial charge in [-0.1, -0.05) is 27.7 Å². The number of nitrogens with one attached hydrogen (secondary N) is 1. The molecule has 4 amide bonds. The summed E-state index contributed by atoms with van der Waals surface area (Å²) in [5, 5.41) is 2.77. The molecule has 1 N–H and O–H groups in total. The molecule has 2 fully saturated rings. The van der Waals surface area contributed by atoms with Gasteiger partial charge in [-0.05, 0) is 31.7 Å². The van der Waals surface area contributed by atoms with Crippen LogP contribution in [0.1, 0.15) is 47.0 Å². The third-order valence-corrected chi connectivity index (χ3v) is 5.49. The first-order valence-electron chi connectivity index (χ1n) is 9.47. The highest BCUT2D eigenvalue weighted by molar-refractivity contribution is 6.08. The van der Waals surface area contributed by atoms with E-state index >= 15 is 0 Å². The average Bonchev–Trinajstić information content (AvgIpc) is 2.85. The van der Waals surface area contributed by atoms with Crippen molar-refractivity contribution in [3.05, 3.63) is 0 Å². The van der Waals surface area contributed by atoms with Crippen LogP contribution in [-0.4, -0.2) is 77.4 Å². The molecule has 2 saturated heterocycles. The van der Waals surface area contributed by atoms with Gasteiger partial charge in [0, 0.05) is 26.2 Å². The molecule has 0 bridgehead atoms. The van der Waals surface area contributed by atoms with E-state index < -0.39 is 11.6 Å². The standard InChI is InChI=1S/C18H32N4O3/c1-5-18(6-2)16(24)22(17(25)19-18)13-15(23)21-11-9-20(10-12-21)8-7-14(3)4/h14H,5-13H2,1-4H3,(H,19,25). The maximum absolute atomic E-state index is 12.6. The van der Waals surface area contributed by atoms with E-state index in [0.29, 0.717) is 31.8 Å². The van der Waals surface area contributed by atoms with Crippen LogP contribution in [0.2, 0.25) is 0 Å². The van der Waals surface area contributed by atoms with Crippen molar-refractivity contribution in [2.75, 3.05) is 39.3 Å². The van der Waals surface area contributed by atoms with Crippen molar-refractivity contribution >= 4 is 17.8 Å². The summed E-state index contributed by atoms with van der Waals surface area (Å²) in [6.45, 7) is 12.1. The second-order valence-electron chi connectivity index (χ2n) is 7.52. The van der Waals surface area contributed by atoms with Crippen molar-refractivity contribution in [1.29, 1.82) is 0 Å². The Bertz CT molecular complexity index is 508. The molecule has 0 aromatic heterocycles. The highest BCUT2D eigenvalue weighted by Crippen LogP contribution is 2.24. The van der Waals surface area contributed by atoms with E-state index in [2.05, 4.69) is 24.1 Å². The van der Waals surface area contributed by atoms with Gasteiger partial charge in [0.25, 0.3) is 5.91 Å². The molecule has 7 heteroatoms. The van der Waals surface area contributed by atoms with E-state index in [0.717, 1.165) is 31.0 Å². The van der Waals surface area contributed by atoms with Crippen LogP contribution < -0.4 is 5.32 Å². The Balaban J connectivity index is 1.87. The van der Waals surface area contributed by atoms with Gasteiger partial charge in [0.15, 0.2) is 0 Å². The highest BCUT2D eigenvalue weighted by atomic mass is 16.2. The topological polar surface area (TPSA) is 73.0 Å². The van der Waals surface area contributed by atoms with E-state index in [-0.39, 0.29) is 18.4 Å². The molecule has 0 atom stereocenters. The molecule has 0 aromatic rings. The molecule has 2 aliphatic heterocycles. The Morgan fingerprint density at radius 3 is 2.20 bits per heavy atom. The lowest BCUT2D eigenvalue weighted by molar-refractivity contribution is -0.140. The summed E-state index contributed by atoms with van der Waals surface area (Å²) >= 11 is 0. The van der Waals surface area contributed by atoms with Gasteiger partial charge in [-0.2, -0.15) is 0 Å². The fourth-order valence-electron chi connectivity index (χ4n) is 3.45. The van der Waals surface area contributed by atoms with E-state index in [9.17, 15) is 14.4 Å². The Hall–Kier alpha value is -1.63. The number of piperazine rings is 1. The summed E-state index contributed by atoms with van der Waals surface area (Å²) in [5.74, 6) is 0.262. The molecule has 0 spiro atoms. The number of carbonyl (C=O) groups is 3. The molecule has 0 aliphatic carbocycles. The van der Waals surface area contributed by atoms with Crippen molar-refractivity contribution in [2.24, 2.45) is 5.92 Å². The third-order valence-electron chi connectivity index (χ3n) is 5.49. The maximum Gasteiger partial charge on any atom is 0.325 e. The molecule has 7 nitrogen and oxygen atoms in total. The second kappa shape index (κ2) is 8.17. The van der Waals surface area contributed by atoms with Crippen LogP contribution in [0.25, 0.3) is 0 Å². The third kappa shape index (κ3) is 4.32. The first-order valence-corrected chi connectivity index (χ1v) is 9.47. The monoisotopic (exact) mass is 352 g/mol. The molecule has 0 unspecified atom stereocenters. The van der Waals surface area contributed by atoms with E-state index in [1.165, 1.54) is 0 Å². The molecule has 0 radical (unpaired) electrons. The molecule has 2 rings (SSSR count). The van der Waals surface area contributed by atoms with Crippen LogP contribution in [0.3, 0.4) is 0 Å². The quantitative estimate of drug-likeness (QED) is 0.701. The van der Waals surface area contributed by atoms with Crippen molar-refractivity contribution in [3.8, 4) is 0 Å². The Morgan fingerprint density at radius 2 is 1.72 bits per heavy atom. The predicted octanol–water partition coefficient (Wildman–Crippen LogP) is 1.29. The number of amides is 4. The fraction of sp³-hybridized carbons (Fsp3) is 0.833. The van der Waals surface area contributed by atoms with E-state index in [1.807, 2.05) is 13.8 Å². The minimum Gasteiger partial charge on any atom is -0.339 e. The van der Waals surface area contributed by atoms with Gasteiger partial charge in [0.2, 0.25) is 5.91 Å². The van der Waals surface area contributed by atoms with Crippen LogP contribution >= 0.6 is 0 Å². The van der Waals surface area contributed by atoms with Crippen molar-refractivity contribution < 1.29 is 14.4 Å². The number of hydrogen-bond acceptors (Lipinski definition) is 4. The normalized spacial score (nSPS) is 21.2. The Morgan fingerprint density at radius 1 is 1.12 bits per heavy atom. The van der Waals surface area contributed by atoms with Crippen LogP contribution in [0.5, 0.6) is 0 Å². The zero-order valence-electron chi connectivity index (χ0n) is 16.0. The average molecular weight is 352 g/mol. The van der Waals surface area contributed by atoms with Gasteiger partial charge in [0.05, 0.1) is 0 Å². The van der Waals surface area contributed by atoms with Gasteiger partial charge in [-0.25, -0.2) is 4.79 Å². The summed E-state index contributed by atoms with van der Waals surface area (Å²) in [6.07, 6.45) is 2.23. The molecule has 2 heterocycles. The number of hydrogen-bond donors (Lipinski definition) is 1. The minimum atomic E-state index is -0.840. The molecule has 0 aromatic carbocycles. The molecule has 2 aliphatic rings. The van der Waals surface area contributed by atoms with Gasteiger partial charge < -0.3 is 10.2 Å². The maximum atomic E-state index is 12.6.